The van der Waals surface area contributed by atoms with Gasteiger partial charge in [-0.25, -0.2) is 0 Å². The summed E-state index contributed by atoms with van der Waals surface area (Å²) in [5.41, 5.74) is 7.81. The van der Waals surface area contributed by atoms with Crippen molar-refractivity contribution in [1.29, 1.82) is 0 Å². The summed E-state index contributed by atoms with van der Waals surface area (Å²) in [6.07, 6.45) is 4.21. The quantitative estimate of drug-likeness (QED) is 0.624. The van der Waals surface area contributed by atoms with E-state index in [-0.39, 0.29) is 5.91 Å². The Bertz CT molecular complexity index is 503. The molecule has 0 atom stereocenters. The van der Waals surface area contributed by atoms with E-state index in [9.17, 15) is 4.79 Å². The molecule has 0 aliphatic carbocycles. The van der Waals surface area contributed by atoms with Crippen LogP contribution in [0.1, 0.15) is 34.3 Å². The van der Waals surface area contributed by atoms with E-state index in [1.54, 1.807) is 0 Å². The minimum absolute atomic E-state index is 0.0563. The molecule has 108 valence electrons. The minimum Gasteiger partial charge on any atom is -0.352 e. The molecule has 0 heterocycles. The predicted octanol–water partition coefficient (Wildman–Crippen LogP) is 2.18. The van der Waals surface area contributed by atoms with Crippen LogP contribution in [0.25, 0.3) is 0 Å². The third-order valence-corrected chi connectivity index (χ3v) is 3.50. The maximum Gasteiger partial charge on any atom is 0.252 e. The zero-order valence-corrected chi connectivity index (χ0v) is 13.0. The Morgan fingerprint density at radius 3 is 2.90 bits per heavy atom. The number of nitrogens with two attached hydrogens (primary N) is 1. The molecule has 0 aliphatic rings. The Balaban J connectivity index is 2.68. The number of carbonyl (C=O) groups excluding carboxylic acids is 1. The smallest absolute Gasteiger partial charge is 0.252 e. The van der Waals surface area contributed by atoms with Gasteiger partial charge >= 0.3 is 0 Å². The van der Waals surface area contributed by atoms with Crippen molar-refractivity contribution in [3.63, 3.8) is 0 Å². The molecule has 0 saturated carbocycles. The molecule has 0 spiro atoms. The molecule has 3 nitrogen and oxygen atoms in total. The van der Waals surface area contributed by atoms with Crippen LogP contribution in [0.15, 0.2) is 18.2 Å². The Morgan fingerprint density at radius 2 is 2.20 bits per heavy atom. The van der Waals surface area contributed by atoms with Gasteiger partial charge in [0.2, 0.25) is 0 Å². The van der Waals surface area contributed by atoms with Gasteiger partial charge in [0.1, 0.15) is 0 Å². The molecule has 0 aliphatic heterocycles. The molecule has 1 aromatic carbocycles. The van der Waals surface area contributed by atoms with Crippen LogP contribution in [0.3, 0.4) is 0 Å². The standard InChI is InChI=1S/C16H22N2OS/c1-13-7-8-14(6-5-9-17)15(12-13)16(19)18-10-3-4-11-20-2/h7-8,12H,3-4,9-11,17H2,1-2H3,(H,18,19). The van der Waals surface area contributed by atoms with Crippen LogP contribution in [0.4, 0.5) is 0 Å². The predicted molar refractivity (Wildman–Crippen MR) is 87.1 cm³/mol. The number of thioether (sulfide) groups is 1. The SMILES string of the molecule is CSCCCCNC(=O)c1cc(C)ccc1C#CCN. The highest BCUT2D eigenvalue weighted by atomic mass is 32.2. The lowest BCUT2D eigenvalue weighted by Crippen LogP contribution is -2.25. The summed E-state index contributed by atoms with van der Waals surface area (Å²) < 4.78 is 0. The van der Waals surface area contributed by atoms with Crippen molar-refractivity contribution >= 4 is 17.7 Å². The fraction of sp³-hybridized carbons (Fsp3) is 0.438. The maximum absolute atomic E-state index is 12.2. The van der Waals surface area contributed by atoms with Crippen molar-refractivity contribution in [1.82, 2.24) is 5.32 Å². The van der Waals surface area contributed by atoms with Crippen molar-refractivity contribution in [3.8, 4) is 11.8 Å². The molecule has 1 aromatic rings. The molecule has 0 radical (unpaired) electrons. The monoisotopic (exact) mass is 290 g/mol. The Hall–Kier alpha value is -1.44. The van der Waals surface area contributed by atoms with Crippen LogP contribution in [-0.2, 0) is 0 Å². The summed E-state index contributed by atoms with van der Waals surface area (Å²) in [4.78, 5) is 12.2. The zero-order valence-electron chi connectivity index (χ0n) is 12.2. The number of amides is 1. The molecule has 20 heavy (non-hydrogen) atoms. The number of benzene rings is 1. The molecule has 0 aromatic heterocycles. The maximum atomic E-state index is 12.2. The Labute approximate surface area is 125 Å². The van der Waals surface area contributed by atoms with E-state index in [4.69, 9.17) is 5.73 Å². The Morgan fingerprint density at radius 1 is 1.40 bits per heavy atom. The number of unbranched alkanes of at least 4 members (excludes halogenated alkanes) is 1. The highest BCUT2D eigenvalue weighted by Crippen LogP contribution is 2.11. The van der Waals surface area contributed by atoms with E-state index in [2.05, 4.69) is 23.4 Å². The van der Waals surface area contributed by atoms with Crippen LogP contribution >= 0.6 is 11.8 Å². The fourth-order valence-corrected chi connectivity index (χ4v) is 2.26. The van der Waals surface area contributed by atoms with Gasteiger partial charge in [0.15, 0.2) is 0 Å². The lowest BCUT2D eigenvalue weighted by Gasteiger charge is -2.08. The van der Waals surface area contributed by atoms with Crippen LogP contribution in [0.5, 0.6) is 0 Å². The van der Waals surface area contributed by atoms with Gasteiger partial charge in [-0.05, 0) is 43.9 Å². The van der Waals surface area contributed by atoms with Crippen molar-refractivity contribution in [3.05, 3.63) is 34.9 Å². The van der Waals surface area contributed by atoms with Gasteiger partial charge in [0.05, 0.1) is 12.1 Å². The normalized spacial score (nSPS) is 9.75. The Kier molecular flexibility index (Phi) is 7.86. The van der Waals surface area contributed by atoms with Gasteiger partial charge in [-0.15, -0.1) is 0 Å². The molecular formula is C16H22N2OS. The van der Waals surface area contributed by atoms with Crippen LogP contribution in [0.2, 0.25) is 0 Å². The van der Waals surface area contributed by atoms with E-state index >= 15 is 0 Å². The highest BCUT2D eigenvalue weighted by Gasteiger charge is 2.09. The van der Waals surface area contributed by atoms with Crippen LogP contribution in [0, 0.1) is 18.8 Å². The number of hydrogen-bond donors (Lipinski definition) is 2. The first-order valence-electron chi connectivity index (χ1n) is 6.75. The lowest BCUT2D eigenvalue weighted by atomic mass is 10.0. The van der Waals surface area contributed by atoms with Gasteiger partial charge < -0.3 is 11.1 Å². The number of aryl methyl sites for hydroxylation is 1. The second-order valence-electron chi connectivity index (χ2n) is 4.51. The summed E-state index contributed by atoms with van der Waals surface area (Å²) in [5.74, 6) is 6.83. The second-order valence-corrected chi connectivity index (χ2v) is 5.50. The average Bonchev–Trinajstić information content (AvgIpc) is 2.45. The summed E-state index contributed by atoms with van der Waals surface area (Å²) in [5, 5.41) is 2.95. The molecule has 1 rings (SSSR count). The molecular weight excluding hydrogens is 268 g/mol. The van der Waals surface area contributed by atoms with E-state index in [1.165, 1.54) is 0 Å². The molecule has 1 amide bonds. The molecule has 0 fully saturated rings. The van der Waals surface area contributed by atoms with Gasteiger partial charge in [-0.1, -0.05) is 23.5 Å². The van der Waals surface area contributed by atoms with E-state index in [0.717, 1.165) is 29.7 Å². The lowest BCUT2D eigenvalue weighted by molar-refractivity contribution is 0.0953. The highest BCUT2D eigenvalue weighted by molar-refractivity contribution is 7.98. The summed E-state index contributed by atoms with van der Waals surface area (Å²) in [6, 6.07) is 5.70. The molecule has 0 saturated heterocycles. The van der Waals surface area contributed by atoms with Crippen molar-refractivity contribution < 1.29 is 4.79 Å². The zero-order chi connectivity index (χ0) is 14.8. The fourth-order valence-electron chi connectivity index (χ4n) is 1.77. The minimum atomic E-state index is -0.0563. The molecule has 3 N–H and O–H groups in total. The molecule has 4 heteroatoms. The van der Waals surface area contributed by atoms with E-state index in [1.807, 2.05) is 36.9 Å². The molecule has 0 bridgehead atoms. The van der Waals surface area contributed by atoms with Crippen LogP contribution < -0.4 is 11.1 Å². The topological polar surface area (TPSA) is 55.1 Å². The third-order valence-electron chi connectivity index (χ3n) is 2.81. The van der Waals surface area contributed by atoms with Gasteiger partial charge in [0, 0.05) is 12.1 Å². The number of carbonyl (C=O) groups is 1. The molecule has 0 unspecified atom stereocenters. The first-order valence-corrected chi connectivity index (χ1v) is 8.15. The van der Waals surface area contributed by atoms with Crippen molar-refractivity contribution in [2.45, 2.75) is 19.8 Å². The average molecular weight is 290 g/mol. The third kappa shape index (κ3) is 5.68. The first kappa shape index (κ1) is 16.6. The van der Waals surface area contributed by atoms with E-state index < -0.39 is 0 Å². The summed E-state index contributed by atoms with van der Waals surface area (Å²) in [6.45, 7) is 2.97. The summed E-state index contributed by atoms with van der Waals surface area (Å²) in [7, 11) is 0. The van der Waals surface area contributed by atoms with Gasteiger partial charge in [-0.3, -0.25) is 4.79 Å². The number of hydrogen-bond acceptors (Lipinski definition) is 3. The van der Waals surface area contributed by atoms with Crippen LogP contribution in [-0.4, -0.2) is 31.0 Å². The van der Waals surface area contributed by atoms with Gasteiger partial charge in [0.25, 0.3) is 5.91 Å². The number of nitrogens with one attached hydrogen (secondary N) is 1. The second kappa shape index (κ2) is 9.46. The van der Waals surface area contributed by atoms with Gasteiger partial charge in [-0.2, -0.15) is 11.8 Å². The number of rotatable bonds is 6. The summed E-state index contributed by atoms with van der Waals surface area (Å²) >= 11 is 1.83. The first-order chi connectivity index (χ1) is 9.69. The van der Waals surface area contributed by atoms with Crippen molar-refractivity contribution in [2.24, 2.45) is 5.73 Å². The van der Waals surface area contributed by atoms with Crippen molar-refractivity contribution in [2.75, 3.05) is 25.1 Å². The van der Waals surface area contributed by atoms with E-state index in [0.29, 0.717) is 18.7 Å². The largest absolute Gasteiger partial charge is 0.352 e.